The zero-order chi connectivity index (χ0) is 23.5. The van der Waals surface area contributed by atoms with Crippen LogP contribution in [-0.4, -0.2) is 62.3 Å². The van der Waals surface area contributed by atoms with Gasteiger partial charge in [-0.2, -0.15) is 0 Å². The summed E-state index contributed by atoms with van der Waals surface area (Å²) >= 11 is 15.5. The van der Waals surface area contributed by atoms with Crippen LogP contribution in [0, 0.1) is 5.41 Å². The predicted octanol–water partition coefficient (Wildman–Crippen LogP) is 1.42. The van der Waals surface area contributed by atoms with E-state index >= 15 is 0 Å². The Morgan fingerprint density at radius 1 is 0.733 bits per heavy atom. The van der Waals surface area contributed by atoms with Crippen LogP contribution in [-0.2, 0) is 33.5 Å². The molecule has 0 radical (unpaired) electrons. The molecule has 0 rings (SSSR count). The monoisotopic (exact) mass is 488 g/mol. The van der Waals surface area contributed by atoms with E-state index < -0.39 is 76.8 Å². The molecule has 0 aliphatic rings. The molecule has 0 saturated heterocycles. The van der Waals surface area contributed by atoms with E-state index in [0.29, 0.717) is 0 Å². The van der Waals surface area contributed by atoms with Crippen molar-refractivity contribution in [2.45, 2.75) is 64.1 Å². The van der Waals surface area contributed by atoms with E-state index in [-0.39, 0.29) is 25.7 Å². The molecule has 170 valence electrons. The van der Waals surface area contributed by atoms with Crippen LogP contribution in [0.3, 0.4) is 0 Å². The average Bonchev–Trinajstić information content (AvgIpc) is 2.68. The Balaban J connectivity index is 5.65. The van der Waals surface area contributed by atoms with Gasteiger partial charge in [0.25, 0.3) is 0 Å². The Hall–Kier alpha value is -1.39. The number of hydrogen-bond donors (Lipinski definition) is 2. The third-order valence-corrected chi connectivity index (χ3v) is 5.09. The second-order valence-electron chi connectivity index (χ2n) is 6.55. The maximum Gasteiger partial charge on any atom is 0.306 e. The van der Waals surface area contributed by atoms with E-state index in [1.54, 1.807) is 0 Å². The Kier molecular flexibility index (Phi) is 13.2. The summed E-state index contributed by atoms with van der Waals surface area (Å²) in [6.07, 6.45) is -6.62. The van der Waals surface area contributed by atoms with Gasteiger partial charge in [0, 0.05) is 32.1 Å². The highest BCUT2D eigenvalue weighted by Gasteiger charge is 2.50. The minimum absolute atomic E-state index is 0.196. The Bertz CT molecular complexity index is 642. The van der Waals surface area contributed by atoms with E-state index in [1.165, 1.54) is 6.92 Å². The van der Waals surface area contributed by atoms with Gasteiger partial charge >= 0.3 is 5.97 Å². The smallest absolute Gasteiger partial charge is 0.306 e. The minimum atomic E-state index is -1.99. The van der Waals surface area contributed by atoms with Gasteiger partial charge in [-0.3, -0.25) is 28.8 Å². The molecule has 0 aromatic heterocycles. The van der Waals surface area contributed by atoms with Crippen molar-refractivity contribution < 1.29 is 43.7 Å². The molecule has 0 aromatic rings. The molecule has 9 nitrogen and oxygen atoms in total. The van der Waals surface area contributed by atoms with Crippen molar-refractivity contribution in [1.82, 2.24) is 0 Å². The molecule has 0 aromatic carbocycles. The molecule has 0 heterocycles. The van der Waals surface area contributed by atoms with Crippen LogP contribution in [0.4, 0.5) is 0 Å². The maximum absolute atomic E-state index is 12.3. The first kappa shape index (κ1) is 28.6. The van der Waals surface area contributed by atoms with Crippen molar-refractivity contribution in [3.05, 3.63) is 0 Å². The lowest BCUT2D eigenvalue weighted by molar-refractivity contribution is -0.170. The molecule has 0 amide bonds. The second kappa shape index (κ2) is 13.8. The lowest BCUT2D eigenvalue weighted by atomic mass is 9.71. The molecule has 0 aliphatic carbocycles. The molecule has 2 unspecified atom stereocenters. The highest BCUT2D eigenvalue weighted by molar-refractivity contribution is 6.64. The number of aliphatic hydroxyl groups is 2. The number of esters is 1. The predicted molar refractivity (Wildman–Crippen MR) is 106 cm³/mol. The number of hydrogen-bond acceptors (Lipinski definition) is 9. The molecule has 0 aliphatic heterocycles. The van der Waals surface area contributed by atoms with Crippen molar-refractivity contribution in [2.75, 3.05) is 6.61 Å². The standard InChI is InChI=1S/C18H23Cl3O9/c1-2-18(9-30-15(27)8-7-14(21)26,16(28)10(22)3-5-12(19)24)17(29)11(23)4-6-13(20)25/h16-17,28-29H,2-9H2,1H3. The van der Waals surface area contributed by atoms with E-state index in [1.807, 2.05) is 0 Å². The summed E-state index contributed by atoms with van der Waals surface area (Å²) < 4.78 is 4.98. The fraction of sp³-hybridized carbons (Fsp3) is 0.667. The van der Waals surface area contributed by atoms with Crippen LogP contribution in [0.25, 0.3) is 0 Å². The molecule has 2 atom stereocenters. The molecule has 30 heavy (non-hydrogen) atoms. The fourth-order valence-corrected chi connectivity index (χ4v) is 2.92. The molecular weight excluding hydrogens is 467 g/mol. The van der Waals surface area contributed by atoms with Gasteiger partial charge in [-0.15, -0.1) is 0 Å². The Morgan fingerprint density at radius 2 is 1.10 bits per heavy atom. The van der Waals surface area contributed by atoms with Gasteiger partial charge in [0.05, 0.1) is 11.8 Å². The Labute approximate surface area is 188 Å². The van der Waals surface area contributed by atoms with E-state index in [9.17, 15) is 39.0 Å². The number of carbonyl (C=O) groups is 6. The fourth-order valence-electron chi connectivity index (χ4n) is 2.64. The van der Waals surface area contributed by atoms with Crippen LogP contribution >= 0.6 is 34.8 Å². The highest BCUT2D eigenvalue weighted by Crippen LogP contribution is 2.34. The van der Waals surface area contributed by atoms with Crippen LogP contribution in [0.5, 0.6) is 0 Å². The average molecular weight is 490 g/mol. The third-order valence-electron chi connectivity index (χ3n) is 4.52. The topological polar surface area (TPSA) is 152 Å². The SMILES string of the molecule is CCC(COC(=O)CCC(=O)Cl)(C(O)C(=O)CCC(=O)Cl)C(O)C(=O)CCC(=O)Cl. The number of Topliss-reactive ketones (excluding diaryl/α,β-unsaturated/α-hetero) is 2. The summed E-state index contributed by atoms with van der Waals surface area (Å²) in [4.78, 5) is 69.1. The number of ether oxygens (including phenoxy) is 1. The summed E-state index contributed by atoms with van der Waals surface area (Å²) in [5.41, 5.74) is -1.96. The molecule has 0 spiro atoms. The number of ketones is 2. The first-order chi connectivity index (χ1) is 13.9. The van der Waals surface area contributed by atoms with Crippen LogP contribution < -0.4 is 0 Å². The molecule has 2 N–H and O–H groups in total. The molecular formula is C18H23Cl3O9. The normalized spacial score (nSPS) is 14.9. The molecule has 0 fully saturated rings. The first-order valence-electron chi connectivity index (χ1n) is 8.99. The van der Waals surface area contributed by atoms with Crippen molar-refractivity contribution in [3.8, 4) is 0 Å². The Morgan fingerprint density at radius 3 is 1.43 bits per heavy atom. The zero-order valence-corrected chi connectivity index (χ0v) is 18.5. The van der Waals surface area contributed by atoms with E-state index in [4.69, 9.17) is 39.5 Å². The third kappa shape index (κ3) is 9.61. The lowest BCUT2D eigenvalue weighted by Gasteiger charge is -2.39. The first-order valence-corrected chi connectivity index (χ1v) is 10.1. The van der Waals surface area contributed by atoms with Crippen molar-refractivity contribution in [2.24, 2.45) is 5.41 Å². The van der Waals surface area contributed by atoms with Gasteiger partial charge in [-0.25, -0.2) is 0 Å². The highest BCUT2D eigenvalue weighted by atomic mass is 35.5. The number of rotatable bonds is 16. The van der Waals surface area contributed by atoms with Crippen molar-refractivity contribution >= 4 is 68.1 Å². The van der Waals surface area contributed by atoms with Crippen LogP contribution in [0.2, 0.25) is 0 Å². The van der Waals surface area contributed by atoms with E-state index in [2.05, 4.69) is 0 Å². The van der Waals surface area contributed by atoms with E-state index in [0.717, 1.165) is 0 Å². The summed E-state index contributed by atoms with van der Waals surface area (Å²) in [6, 6.07) is 0. The maximum atomic E-state index is 12.3. The van der Waals surface area contributed by atoms with Gasteiger partial charge in [0.15, 0.2) is 11.6 Å². The number of carbonyl (C=O) groups excluding carboxylic acids is 6. The minimum Gasteiger partial charge on any atom is -0.465 e. The summed E-state index contributed by atoms with van der Waals surface area (Å²) in [7, 11) is 0. The zero-order valence-electron chi connectivity index (χ0n) is 16.2. The van der Waals surface area contributed by atoms with Gasteiger partial charge in [-0.1, -0.05) is 6.92 Å². The van der Waals surface area contributed by atoms with Crippen LogP contribution in [0.1, 0.15) is 51.9 Å². The summed E-state index contributed by atoms with van der Waals surface area (Å²) in [5.74, 6) is -2.72. The summed E-state index contributed by atoms with van der Waals surface area (Å²) in [5, 5.41) is 18.8. The molecule has 12 heteroatoms. The second-order valence-corrected chi connectivity index (χ2v) is 7.82. The van der Waals surface area contributed by atoms with Crippen molar-refractivity contribution in [1.29, 1.82) is 0 Å². The molecule has 0 saturated carbocycles. The number of aliphatic hydroxyl groups excluding tert-OH is 2. The lowest BCUT2D eigenvalue weighted by Crippen LogP contribution is -2.55. The van der Waals surface area contributed by atoms with Gasteiger partial charge in [-0.05, 0) is 41.2 Å². The summed E-state index contributed by atoms with van der Waals surface area (Å²) in [6.45, 7) is 0.685. The largest absolute Gasteiger partial charge is 0.465 e. The number of halogens is 3. The van der Waals surface area contributed by atoms with Crippen molar-refractivity contribution in [3.63, 3.8) is 0 Å². The van der Waals surface area contributed by atoms with Gasteiger partial charge in [0.1, 0.15) is 18.8 Å². The molecule has 0 bridgehead atoms. The van der Waals surface area contributed by atoms with Gasteiger partial charge < -0.3 is 14.9 Å². The van der Waals surface area contributed by atoms with Gasteiger partial charge in [0.2, 0.25) is 15.7 Å². The van der Waals surface area contributed by atoms with Crippen LogP contribution in [0.15, 0.2) is 0 Å². The quantitative estimate of drug-likeness (QED) is 0.242.